The van der Waals surface area contributed by atoms with Crippen LogP contribution >= 0.6 is 0 Å². The second kappa shape index (κ2) is 10.7. The van der Waals surface area contributed by atoms with E-state index >= 15 is 0 Å². The van der Waals surface area contributed by atoms with Crippen molar-refractivity contribution < 1.29 is 24.3 Å². The fraction of sp³-hybridized carbons (Fsp3) is 0.294. The molecule has 0 aromatic heterocycles. The Hall–Kier alpha value is -2.96. The summed E-state index contributed by atoms with van der Waals surface area (Å²) in [5.41, 5.74) is -0.165. The van der Waals surface area contributed by atoms with Gasteiger partial charge in [0.1, 0.15) is 6.04 Å². The Bertz CT molecular complexity index is 613. The Morgan fingerprint density at radius 3 is 2.21 bits per heavy atom. The molecule has 1 heterocycles. The molecule has 1 aromatic rings. The first-order valence-corrected chi connectivity index (χ1v) is 7.46. The molecule has 130 valence electrons. The van der Waals surface area contributed by atoms with E-state index < -0.39 is 23.8 Å². The minimum atomic E-state index is -1.22. The van der Waals surface area contributed by atoms with Crippen molar-refractivity contribution in [2.75, 3.05) is 0 Å². The van der Waals surface area contributed by atoms with E-state index in [0.29, 0.717) is 0 Å². The molecule has 1 saturated heterocycles. The van der Waals surface area contributed by atoms with Crippen molar-refractivity contribution in [1.82, 2.24) is 10.6 Å². The summed E-state index contributed by atoms with van der Waals surface area (Å²) in [6.45, 7) is 10.0. The molecule has 0 saturated carbocycles. The van der Waals surface area contributed by atoms with Gasteiger partial charge in [-0.2, -0.15) is 0 Å². The molecule has 3 amide bonds. The Balaban J connectivity index is 0.00000123. The number of hydrogen-bond donors (Lipinski definition) is 3. The summed E-state index contributed by atoms with van der Waals surface area (Å²) in [5.74, 6) is -2.84. The molecule has 1 aliphatic heterocycles. The van der Waals surface area contributed by atoms with Gasteiger partial charge in [0.15, 0.2) is 0 Å². The Labute approximate surface area is 140 Å². The Morgan fingerprint density at radius 2 is 1.71 bits per heavy atom. The summed E-state index contributed by atoms with van der Waals surface area (Å²) < 4.78 is 0. The Morgan fingerprint density at radius 1 is 1.17 bits per heavy atom. The number of carbonyl (C=O) groups excluding carboxylic acids is 3. The van der Waals surface area contributed by atoms with Crippen LogP contribution in [0, 0.1) is 0 Å². The molecule has 1 aromatic carbocycles. The number of carboxylic acid groups (broad SMARTS) is 1. The van der Waals surface area contributed by atoms with Gasteiger partial charge in [0.2, 0.25) is 11.8 Å². The smallest absolute Gasteiger partial charge is 0.336 e. The molecular formula is C17H22N2O5. The number of piperidine rings is 1. The summed E-state index contributed by atoms with van der Waals surface area (Å²) >= 11 is 0. The summed E-state index contributed by atoms with van der Waals surface area (Å²) in [4.78, 5) is 45.6. The van der Waals surface area contributed by atoms with Crippen LogP contribution < -0.4 is 10.6 Å². The number of nitrogens with one attached hydrogen (secondary N) is 2. The van der Waals surface area contributed by atoms with E-state index in [0.717, 1.165) is 0 Å². The van der Waals surface area contributed by atoms with Gasteiger partial charge in [-0.3, -0.25) is 19.7 Å². The fourth-order valence-corrected chi connectivity index (χ4v) is 1.93. The number of benzene rings is 1. The number of imide groups is 1. The number of rotatable bonds is 3. The van der Waals surface area contributed by atoms with E-state index in [1.165, 1.54) is 24.3 Å². The molecular weight excluding hydrogens is 312 g/mol. The van der Waals surface area contributed by atoms with E-state index in [4.69, 9.17) is 5.11 Å². The van der Waals surface area contributed by atoms with E-state index in [2.05, 4.69) is 23.8 Å². The van der Waals surface area contributed by atoms with Crippen LogP contribution in [0.1, 0.15) is 47.4 Å². The van der Waals surface area contributed by atoms with E-state index in [-0.39, 0.29) is 29.9 Å². The van der Waals surface area contributed by atoms with Gasteiger partial charge < -0.3 is 10.4 Å². The van der Waals surface area contributed by atoms with Crippen molar-refractivity contribution in [2.24, 2.45) is 0 Å². The summed E-state index contributed by atoms with van der Waals surface area (Å²) in [6, 6.07) is 4.88. The van der Waals surface area contributed by atoms with Crippen molar-refractivity contribution in [3.05, 3.63) is 48.6 Å². The maximum Gasteiger partial charge on any atom is 0.336 e. The van der Waals surface area contributed by atoms with Crippen LogP contribution in [0.4, 0.5) is 0 Å². The predicted molar refractivity (Wildman–Crippen MR) is 89.6 cm³/mol. The van der Waals surface area contributed by atoms with Crippen molar-refractivity contribution in [1.29, 1.82) is 0 Å². The third-order valence-electron chi connectivity index (χ3n) is 2.95. The van der Waals surface area contributed by atoms with Gasteiger partial charge >= 0.3 is 5.97 Å². The van der Waals surface area contributed by atoms with E-state index in [1.807, 2.05) is 13.8 Å². The second-order valence-corrected chi connectivity index (χ2v) is 4.33. The Kier molecular flexibility index (Phi) is 9.39. The summed E-state index contributed by atoms with van der Waals surface area (Å²) in [7, 11) is 0. The fourth-order valence-electron chi connectivity index (χ4n) is 1.93. The lowest BCUT2D eigenvalue weighted by Gasteiger charge is -2.22. The van der Waals surface area contributed by atoms with Gasteiger partial charge in [-0.25, -0.2) is 4.79 Å². The highest BCUT2D eigenvalue weighted by atomic mass is 16.4. The standard InChI is InChI=1S/C13H12N2O5.C2H6.C2H4/c16-10-6-5-9(12(18)15-10)14-11(17)7-3-1-2-4-8(7)13(19)20;2*1-2/h1-4,9H,5-6H2,(H,14,17)(H,19,20)(H,15,16,18);1-2H3;1-2H2. The first-order valence-electron chi connectivity index (χ1n) is 7.46. The lowest BCUT2D eigenvalue weighted by molar-refractivity contribution is -0.134. The zero-order valence-electron chi connectivity index (χ0n) is 13.8. The van der Waals surface area contributed by atoms with Crippen LogP contribution in [-0.2, 0) is 9.59 Å². The quantitative estimate of drug-likeness (QED) is 0.576. The average molecular weight is 334 g/mol. The second-order valence-electron chi connectivity index (χ2n) is 4.33. The van der Waals surface area contributed by atoms with Crippen LogP contribution in [0.3, 0.4) is 0 Å². The van der Waals surface area contributed by atoms with Crippen LogP contribution in [0.15, 0.2) is 37.4 Å². The molecule has 1 fully saturated rings. The van der Waals surface area contributed by atoms with Gasteiger partial charge in [-0.05, 0) is 18.6 Å². The molecule has 1 unspecified atom stereocenters. The first-order chi connectivity index (χ1) is 11.5. The predicted octanol–water partition coefficient (Wildman–Crippen LogP) is 1.75. The van der Waals surface area contributed by atoms with Gasteiger partial charge in [0, 0.05) is 6.42 Å². The van der Waals surface area contributed by atoms with Crippen molar-refractivity contribution in [2.45, 2.75) is 32.7 Å². The summed E-state index contributed by atoms with van der Waals surface area (Å²) in [6.07, 6.45) is 0.336. The molecule has 0 aliphatic carbocycles. The van der Waals surface area contributed by atoms with Crippen LogP contribution in [0.5, 0.6) is 0 Å². The highest BCUT2D eigenvalue weighted by Crippen LogP contribution is 2.11. The number of carbonyl (C=O) groups is 4. The number of carboxylic acids is 1. The van der Waals surface area contributed by atoms with Crippen molar-refractivity contribution >= 4 is 23.7 Å². The molecule has 3 N–H and O–H groups in total. The minimum Gasteiger partial charge on any atom is -0.478 e. The lowest BCUT2D eigenvalue weighted by atomic mass is 10.0. The molecule has 1 aliphatic rings. The molecule has 1 atom stereocenters. The minimum absolute atomic E-state index is 0.0234. The highest BCUT2D eigenvalue weighted by molar-refractivity contribution is 6.07. The molecule has 0 spiro atoms. The first kappa shape index (κ1) is 21.0. The number of amides is 3. The third-order valence-corrected chi connectivity index (χ3v) is 2.95. The van der Waals surface area contributed by atoms with Gasteiger partial charge in [0.25, 0.3) is 5.91 Å². The SMILES string of the molecule is C=C.CC.O=C1CCC(NC(=O)c2ccccc2C(=O)O)C(=O)N1. The normalized spacial score (nSPS) is 15.7. The molecule has 0 radical (unpaired) electrons. The van der Waals surface area contributed by atoms with Gasteiger partial charge in [-0.1, -0.05) is 26.0 Å². The van der Waals surface area contributed by atoms with Crippen molar-refractivity contribution in [3.63, 3.8) is 0 Å². The zero-order chi connectivity index (χ0) is 18.7. The van der Waals surface area contributed by atoms with Crippen molar-refractivity contribution in [3.8, 4) is 0 Å². The number of hydrogen-bond acceptors (Lipinski definition) is 4. The van der Waals surface area contributed by atoms with E-state index in [1.54, 1.807) is 0 Å². The zero-order valence-corrected chi connectivity index (χ0v) is 13.8. The van der Waals surface area contributed by atoms with Gasteiger partial charge in [-0.15, -0.1) is 13.2 Å². The van der Waals surface area contributed by atoms with Crippen LogP contribution in [0.2, 0.25) is 0 Å². The summed E-state index contributed by atoms with van der Waals surface area (Å²) in [5, 5.41) is 13.6. The van der Waals surface area contributed by atoms with Crippen LogP contribution in [0.25, 0.3) is 0 Å². The lowest BCUT2D eigenvalue weighted by Crippen LogP contribution is -2.52. The number of aromatic carboxylic acids is 1. The van der Waals surface area contributed by atoms with Crippen LogP contribution in [-0.4, -0.2) is 34.8 Å². The maximum absolute atomic E-state index is 12.0. The molecule has 2 rings (SSSR count). The molecule has 24 heavy (non-hydrogen) atoms. The largest absolute Gasteiger partial charge is 0.478 e. The average Bonchev–Trinajstić information content (AvgIpc) is 2.61. The topological polar surface area (TPSA) is 113 Å². The third kappa shape index (κ3) is 5.68. The maximum atomic E-state index is 12.0. The van der Waals surface area contributed by atoms with Gasteiger partial charge in [0.05, 0.1) is 11.1 Å². The molecule has 7 heteroatoms. The highest BCUT2D eigenvalue weighted by Gasteiger charge is 2.29. The monoisotopic (exact) mass is 334 g/mol. The van der Waals surface area contributed by atoms with E-state index in [9.17, 15) is 19.2 Å². The molecule has 0 bridgehead atoms. The molecule has 7 nitrogen and oxygen atoms in total.